The Bertz CT molecular complexity index is 1070. The molecule has 1 aliphatic heterocycles. The van der Waals surface area contributed by atoms with Crippen molar-refractivity contribution in [3.8, 4) is 0 Å². The third kappa shape index (κ3) is 3.82. The van der Waals surface area contributed by atoms with Gasteiger partial charge in [0.1, 0.15) is 5.60 Å². The van der Waals surface area contributed by atoms with Gasteiger partial charge in [0.2, 0.25) is 5.91 Å². The summed E-state index contributed by atoms with van der Waals surface area (Å²) in [5.41, 5.74) is -0.900. The number of carbonyl (C=O) groups excluding carboxylic acids is 3. The number of amides is 1. The summed E-state index contributed by atoms with van der Waals surface area (Å²) in [5.74, 6) is -1.88. The van der Waals surface area contributed by atoms with Gasteiger partial charge in [-0.15, -0.1) is 0 Å². The predicted molar refractivity (Wildman–Crippen MR) is 106 cm³/mol. The first-order valence-corrected chi connectivity index (χ1v) is 9.97. The molecule has 2 aliphatic rings. The summed E-state index contributed by atoms with van der Waals surface area (Å²) in [6.07, 6.45) is -2.91. The maximum Gasteiger partial charge on any atom is 0.417 e. The van der Waals surface area contributed by atoms with Gasteiger partial charge in [-0.05, 0) is 56.9 Å². The first-order chi connectivity index (χ1) is 14.6. The number of hydrogen-bond acceptors (Lipinski definition) is 4. The summed E-state index contributed by atoms with van der Waals surface area (Å²) < 4.78 is 45.6. The maximum absolute atomic E-state index is 13.3. The van der Waals surface area contributed by atoms with Crippen LogP contribution in [0.4, 0.5) is 18.9 Å². The number of rotatable bonds is 3. The lowest BCUT2D eigenvalue weighted by Gasteiger charge is -2.36. The number of fused-ring (bicyclic) bond motifs is 2. The highest BCUT2D eigenvalue weighted by atomic mass is 19.4. The molecule has 8 heteroatoms. The molecule has 162 valence electrons. The van der Waals surface area contributed by atoms with Crippen LogP contribution in [-0.4, -0.2) is 17.7 Å². The summed E-state index contributed by atoms with van der Waals surface area (Å²) in [6, 6.07) is 10.3. The molecule has 0 atom stereocenters. The Morgan fingerprint density at radius 2 is 1.77 bits per heavy atom. The van der Waals surface area contributed by atoms with Gasteiger partial charge in [0, 0.05) is 22.7 Å². The van der Waals surface area contributed by atoms with Gasteiger partial charge in [-0.25, -0.2) is 4.79 Å². The Balaban J connectivity index is 1.47. The van der Waals surface area contributed by atoms with Crippen LogP contribution in [0.5, 0.6) is 0 Å². The SMILES string of the molecule is CC(=O)c1ccc(NC(=O)[C@H]2CC[C@@]3(CC2)OC(=O)c2ccccc23)cc1C(F)(F)F. The third-order valence-electron chi connectivity index (χ3n) is 6.06. The molecule has 1 N–H and O–H groups in total. The molecule has 4 rings (SSSR count). The Kier molecular flexibility index (Phi) is 5.11. The van der Waals surface area contributed by atoms with Crippen molar-refractivity contribution in [1.29, 1.82) is 0 Å². The first kappa shape index (κ1) is 21.1. The number of nitrogens with one attached hydrogen (secondary N) is 1. The van der Waals surface area contributed by atoms with Gasteiger partial charge >= 0.3 is 12.1 Å². The fourth-order valence-electron chi connectivity index (χ4n) is 4.47. The third-order valence-corrected chi connectivity index (χ3v) is 6.06. The van der Waals surface area contributed by atoms with Gasteiger partial charge < -0.3 is 10.1 Å². The van der Waals surface area contributed by atoms with E-state index < -0.39 is 40.5 Å². The van der Waals surface area contributed by atoms with Gasteiger partial charge in [-0.2, -0.15) is 13.2 Å². The molecule has 2 aromatic carbocycles. The zero-order valence-electron chi connectivity index (χ0n) is 16.7. The predicted octanol–water partition coefficient (Wildman–Crippen LogP) is 5.10. The van der Waals surface area contributed by atoms with Crippen LogP contribution < -0.4 is 5.32 Å². The number of halogens is 3. The quantitative estimate of drug-likeness (QED) is 0.542. The molecule has 1 heterocycles. The van der Waals surface area contributed by atoms with Crippen LogP contribution in [0.3, 0.4) is 0 Å². The summed E-state index contributed by atoms with van der Waals surface area (Å²) in [4.78, 5) is 36.4. The van der Waals surface area contributed by atoms with Gasteiger partial charge in [-0.1, -0.05) is 18.2 Å². The van der Waals surface area contributed by atoms with E-state index >= 15 is 0 Å². The van der Waals surface area contributed by atoms with Crippen molar-refractivity contribution >= 4 is 23.3 Å². The summed E-state index contributed by atoms with van der Waals surface area (Å²) >= 11 is 0. The van der Waals surface area contributed by atoms with Crippen molar-refractivity contribution in [2.24, 2.45) is 5.92 Å². The lowest BCUT2D eigenvalue weighted by molar-refractivity contribution is -0.138. The Morgan fingerprint density at radius 3 is 2.42 bits per heavy atom. The highest BCUT2D eigenvalue weighted by Gasteiger charge is 2.48. The first-order valence-electron chi connectivity index (χ1n) is 9.97. The second-order valence-corrected chi connectivity index (χ2v) is 8.01. The van der Waals surface area contributed by atoms with E-state index in [1.165, 1.54) is 6.07 Å². The van der Waals surface area contributed by atoms with Crippen LogP contribution in [0.2, 0.25) is 0 Å². The highest BCUT2D eigenvalue weighted by molar-refractivity contribution is 5.98. The second kappa shape index (κ2) is 7.51. The van der Waals surface area contributed by atoms with E-state index in [2.05, 4.69) is 5.32 Å². The van der Waals surface area contributed by atoms with Crippen LogP contribution in [0.1, 0.15) is 64.4 Å². The minimum absolute atomic E-state index is 0.0137. The van der Waals surface area contributed by atoms with E-state index in [0.717, 1.165) is 24.6 Å². The lowest BCUT2D eigenvalue weighted by Crippen LogP contribution is -2.36. The van der Waals surface area contributed by atoms with Crippen molar-refractivity contribution in [2.75, 3.05) is 5.32 Å². The Hall–Kier alpha value is -3.16. The molecular weight excluding hydrogens is 411 g/mol. The number of anilines is 1. The average molecular weight is 431 g/mol. The average Bonchev–Trinajstić information content (AvgIpc) is 2.99. The molecule has 0 bridgehead atoms. The number of carbonyl (C=O) groups is 3. The van der Waals surface area contributed by atoms with Gasteiger partial charge in [-0.3, -0.25) is 9.59 Å². The number of hydrogen-bond donors (Lipinski definition) is 1. The van der Waals surface area contributed by atoms with E-state index in [0.29, 0.717) is 31.2 Å². The van der Waals surface area contributed by atoms with Crippen molar-refractivity contribution < 1.29 is 32.3 Å². The summed E-state index contributed by atoms with van der Waals surface area (Å²) in [6.45, 7) is 1.06. The van der Waals surface area contributed by atoms with Crippen molar-refractivity contribution in [1.82, 2.24) is 0 Å². The maximum atomic E-state index is 13.3. The molecular formula is C23H20F3NO4. The molecule has 31 heavy (non-hydrogen) atoms. The van der Waals surface area contributed by atoms with Crippen LogP contribution in [0.15, 0.2) is 42.5 Å². The summed E-state index contributed by atoms with van der Waals surface area (Å²) in [5, 5.41) is 2.54. The van der Waals surface area contributed by atoms with Gasteiger partial charge in [0.25, 0.3) is 0 Å². The number of Topliss-reactive ketones (excluding diaryl/α,β-unsaturated/α-hetero) is 1. The van der Waals surface area contributed by atoms with E-state index in [1.54, 1.807) is 12.1 Å². The van der Waals surface area contributed by atoms with E-state index in [1.807, 2.05) is 12.1 Å². The lowest BCUT2D eigenvalue weighted by atomic mass is 9.74. The van der Waals surface area contributed by atoms with E-state index in [4.69, 9.17) is 4.74 Å². The largest absolute Gasteiger partial charge is 0.451 e. The molecule has 0 saturated heterocycles. The molecule has 1 amide bonds. The molecule has 2 aromatic rings. The van der Waals surface area contributed by atoms with Crippen molar-refractivity contribution in [2.45, 2.75) is 44.4 Å². The van der Waals surface area contributed by atoms with Crippen LogP contribution in [0.25, 0.3) is 0 Å². The van der Waals surface area contributed by atoms with Crippen LogP contribution in [-0.2, 0) is 21.3 Å². The van der Waals surface area contributed by atoms with Crippen LogP contribution >= 0.6 is 0 Å². The van der Waals surface area contributed by atoms with Gasteiger partial charge in [0.15, 0.2) is 5.78 Å². The van der Waals surface area contributed by atoms with Crippen molar-refractivity contribution in [3.63, 3.8) is 0 Å². The van der Waals surface area contributed by atoms with E-state index in [9.17, 15) is 27.6 Å². The number of ether oxygens (including phenoxy) is 1. The highest BCUT2D eigenvalue weighted by Crippen LogP contribution is 2.48. The number of ketones is 1. The standard InChI is InChI=1S/C23H20F3NO4/c1-13(28)16-7-6-15(12-19(16)23(24,25)26)27-20(29)14-8-10-22(11-9-14)18-5-3-2-4-17(18)21(30)31-22/h2-7,12,14H,8-11H2,1H3,(H,27,29)/t14-,22-. The second-order valence-electron chi connectivity index (χ2n) is 8.01. The minimum atomic E-state index is -4.71. The van der Waals surface area contributed by atoms with E-state index in [-0.39, 0.29) is 11.7 Å². The molecule has 1 spiro atoms. The number of esters is 1. The fraction of sp³-hybridized carbons (Fsp3) is 0.348. The number of benzene rings is 2. The smallest absolute Gasteiger partial charge is 0.417 e. The molecule has 0 aromatic heterocycles. The van der Waals surface area contributed by atoms with Gasteiger partial charge in [0.05, 0.1) is 11.1 Å². The molecule has 1 fully saturated rings. The monoisotopic (exact) mass is 431 g/mol. The molecule has 0 radical (unpaired) electrons. The zero-order valence-corrected chi connectivity index (χ0v) is 16.7. The zero-order chi connectivity index (χ0) is 22.4. The Labute approximate surface area is 176 Å². The van der Waals surface area contributed by atoms with Crippen LogP contribution in [0, 0.1) is 5.92 Å². The van der Waals surface area contributed by atoms with Crippen molar-refractivity contribution in [3.05, 3.63) is 64.7 Å². The molecule has 5 nitrogen and oxygen atoms in total. The topological polar surface area (TPSA) is 72.5 Å². The molecule has 0 unspecified atom stereocenters. The normalized spacial score (nSPS) is 22.7. The fourth-order valence-corrected chi connectivity index (χ4v) is 4.47. The molecule has 1 saturated carbocycles. The molecule has 1 aliphatic carbocycles. The minimum Gasteiger partial charge on any atom is -0.451 e. The Morgan fingerprint density at radius 1 is 1.10 bits per heavy atom. The number of alkyl halides is 3. The summed E-state index contributed by atoms with van der Waals surface area (Å²) in [7, 11) is 0.